The predicted molar refractivity (Wildman–Crippen MR) is 67.9 cm³/mol. The zero-order valence-corrected chi connectivity index (χ0v) is 11.6. The van der Waals surface area contributed by atoms with E-state index in [9.17, 15) is 39.6 Å². The van der Waals surface area contributed by atoms with Crippen LogP contribution in [0.1, 0.15) is 32.1 Å². The lowest BCUT2D eigenvalue weighted by Crippen LogP contribution is -2.68. The van der Waals surface area contributed by atoms with E-state index >= 15 is 0 Å². The molecule has 0 saturated heterocycles. The zero-order chi connectivity index (χ0) is 16.5. The maximum atomic E-state index is 11.8. The van der Waals surface area contributed by atoms with Gasteiger partial charge in [-0.1, -0.05) is 0 Å². The van der Waals surface area contributed by atoms with Crippen LogP contribution < -0.4 is 0 Å². The number of hydrogen-bond donors (Lipinski definition) is 4. The highest BCUT2D eigenvalue weighted by atomic mass is 16.4. The summed E-state index contributed by atoms with van der Waals surface area (Å²) < 4.78 is 0. The van der Waals surface area contributed by atoms with Crippen molar-refractivity contribution in [3.8, 4) is 0 Å². The Labute approximate surface area is 124 Å². The fraction of sp³-hybridized carbons (Fsp3) is 0.714. The van der Waals surface area contributed by atoms with E-state index in [2.05, 4.69) is 0 Å². The van der Waals surface area contributed by atoms with Gasteiger partial charge in [0.2, 0.25) is 0 Å². The molecular weight excluding hydrogens is 296 g/mol. The molecule has 0 spiro atoms. The average Bonchev–Trinajstić information content (AvgIpc) is 2.36. The second-order valence-electron chi connectivity index (χ2n) is 7.15. The third-order valence-corrected chi connectivity index (χ3v) is 5.96. The van der Waals surface area contributed by atoms with Gasteiger partial charge >= 0.3 is 23.9 Å². The second kappa shape index (κ2) is 3.99. The number of carboxylic acids is 4. The molecule has 4 bridgehead atoms. The maximum Gasteiger partial charge on any atom is 0.310 e. The molecule has 0 aliphatic heterocycles. The molecule has 4 saturated carbocycles. The van der Waals surface area contributed by atoms with Crippen molar-refractivity contribution >= 4 is 23.9 Å². The van der Waals surface area contributed by atoms with Crippen LogP contribution in [0, 0.1) is 28.1 Å². The molecule has 8 heteroatoms. The lowest BCUT2D eigenvalue weighted by Gasteiger charge is -2.64. The summed E-state index contributed by atoms with van der Waals surface area (Å²) in [5.41, 5.74) is -4.73. The SMILES string of the molecule is O=C(O)C1C2CC3(C(=O)O)CC(C(=O)O)(C2)CC1(C(=O)O)C3. The summed E-state index contributed by atoms with van der Waals surface area (Å²) in [4.78, 5) is 46.9. The van der Waals surface area contributed by atoms with Crippen molar-refractivity contribution in [1.82, 2.24) is 0 Å². The Hall–Kier alpha value is -2.12. The van der Waals surface area contributed by atoms with E-state index in [1.165, 1.54) is 0 Å². The topological polar surface area (TPSA) is 149 Å². The summed E-state index contributed by atoms with van der Waals surface area (Å²) in [7, 11) is 0. The minimum atomic E-state index is -1.82. The summed E-state index contributed by atoms with van der Waals surface area (Å²) in [6, 6.07) is 0. The first-order valence-electron chi connectivity index (χ1n) is 7.02. The van der Waals surface area contributed by atoms with Gasteiger partial charge in [-0.25, -0.2) is 0 Å². The molecule has 3 unspecified atom stereocenters. The third kappa shape index (κ3) is 1.52. The van der Waals surface area contributed by atoms with Crippen molar-refractivity contribution in [2.24, 2.45) is 28.1 Å². The molecule has 22 heavy (non-hydrogen) atoms. The van der Waals surface area contributed by atoms with Crippen LogP contribution in [0.5, 0.6) is 0 Å². The quantitative estimate of drug-likeness (QED) is 0.586. The van der Waals surface area contributed by atoms with E-state index in [4.69, 9.17) is 0 Å². The monoisotopic (exact) mass is 312 g/mol. The number of aliphatic carboxylic acids is 4. The van der Waals surface area contributed by atoms with Crippen molar-refractivity contribution < 1.29 is 39.6 Å². The van der Waals surface area contributed by atoms with Gasteiger partial charge in [-0.15, -0.1) is 0 Å². The standard InChI is InChI=1S/C14H16O8/c15-8(16)7-6-1-12(9(17)18)3-13(2-6,10(19)20)5-14(7,4-12)11(21)22/h6-7H,1-5H2,(H,15,16)(H,17,18)(H,19,20)(H,21,22). The first kappa shape index (κ1) is 14.8. The largest absolute Gasteiger partial charge is 0.481 e. The van der Waals surface area contributed by atoms with Crippen LogP contribution in [-0.4, -0.2) is 44.3 Å². The Bertz CT molecular complexity index is 578. The minimum absolute atomic E-state index is 0.0311. The molecule has 0 heterocycles. The summed E-state index contributed by atoms with van der Waals surface area (Å²) in [5.74, 6) is -7.11. The summed E-state index contributed by atoms with van der Waals surface area (Å²) in [5, 5.41) is 38.2. The van der Waals surface area contributed by atoms with Gasteiger partial charge < -0.3 is 20.4 Å². The summed E-state index contributed by atoms with van der Waals surface area (Å²) in [6.07, 6.45) is -0.685. The molecular formula is C14H16O8. The van der Waals surface area contributed by atoms with Crippen molar-refractivity contribution in [3.63, 3.8) is 0 Å². The number of carboxylic acid groups (broad SMARTS) is 4. The van der Waals surface area contributed by atoms with Crippen LogP contribution in [0.25, 0.3) is 0 Å². The predicted octanol–water partition coefficient (Wildman–Crippen LogP) is 0.508. The van der Waals surface area contributed by atoms with Gasteiger partial charge in [-0.2, -0.15) is 0 Å². The van der Waals surface area contributed by atoms with Crippen molar-refractivity contribution in [2.45, 2.75) is 32.1 Å². The summed E-state index contributed by atoms with van der Waals surface area (Å²) >= 11 is 0. The average molecular weight is 312 g/mol. The van der Waals surface area contributed by atoms with Gasteiger partial charge in [-0.3, -0.25) is 19.2 Å². The van der Waals surface area contributed by atoms with Crippen LogP contribution in [0.2, 0.25) is 0 Å². The van der Waals surface area contributed by atoms with Crippen LogP contribution in [0.3, 0.4) is 0 Å². The number of carbonyl (C=O) groups is 4. The molecule has 0 aromatic rings. The highest BCUT2D eigenvalue weighted by Crippen LogP contribution is 2.72. The molecule has 4 aliphatic rings. The van der Waals surface area contributed by atoms with E-state index in [-0.39, 0.29) is 32.1 Å². The maximum absolute atomic E-state index is 11.8. The molecule has 0 amide bonds. The van der Waals surface area contributed by atoms with E-state index < -0.39 is 52.0 Å². The molecule has 0 aromatic carbocycles. The Kier molecular flexibility index (Phi) is 2.69. The van der Waals surface area contributed by atoms with E-state index in [0.29, 0.717) is 0 Å². The van der Waals surface area contributed by atoms with Gasteiger partial charge in [0.15, 0.2) is 0 Å². The smallest absolute Gasteiger partial charge is 0.310 e. The van der Waals surface area contributed by atoms with Crippen LogP contribution >= 0.6 is 0 Å². The molecule has 4 rings (SSSR count). The van der Waals surface area contributed by atoms with Gasteiger partial charge in [0.05, 0.1) is 22.2 Å². The molecule has 8 nitrogen and oxygen atoms in total. The normalized spacial score (nSPS) is 45.5. The molecule has 3 atom stereocenters. The highest BCUT2D eigenvalue weighted by Gasteiger charge is 2.75. The zero-order valence-electron chi connectivity index (χ0n) is 11.6. The lowest BCUT2D eigenvalue weighted by molar-refractivity contribution is -0.228. The fourth-order valence-corrected chi connectivity index (χ4v) is 5.51. The van der Waals surface area contributed by atoms with E-state index in [0.717, 1.165) is 0 Å². The van der Waals surface area contributed by atoms with Crippen molar-refractivity contribution in [1.29, 1.82) is 0 Å². The van der Waals surface area contributed by atoms with E-state index in [1.54, 1.807) is 0 Å². The van der Waals surface area contributed by atoms with Crippen LogP contribution in [0.15, 0.2) is 0 Å². The first-order chi connectivity index (χ1) is 10.1. The van der Waals surface area contributed by atoms with Gasteiger partial charge in [0.1, 0.15) is 0 Å². The molecule has 120 valence electrons. The fourth-order valence-electron chi connectivity index (χ4n) is 5.51. The Morgan fingerprint density at radius 2 is 1.18 bits per heavy atom. The summed E-state index contributed by atoms with van der Waals surface area (Å²) in [6.45, 7) is 0. The minimum Gasteiger partial charge on any atom is -0.481 e. The van der Waals surface area contributed by atoms with Gasteiger partial charge in [-0.05, 0) is 38.0 Å². The van der Waals surface area contributed by atoms with Crippen molar-refractivity contribution in [2.75, 3.05) is 0 Å². The van der Waals surface area contributed by atoms with Crippen LogP contribution in [-0.2, 0) is 19.2 Å². The first-order valence-corrected chi connectivity index (χ1v) is 7.02. The molecule has 0 radical (unpaired) electrons. The third-order valence-electron chi connectivity index (χ3n) is 5.96. The Morgan fingerprint density at radius 1 is 0.727 bits per heavy atom. The molecule has 4 aliphatic carbocycles. The second-order valence-corrected chi connectivity index (χ2v) is 7.15. The highest BCUT2D eigenvalue weighted by molar-refractivity contribution is 5.90. The lowest BCUT2D eigenvalue weighted by atomic mass is 9.36. The molecule has 0 aromatic heterocycles. The van der Waals surface area contributed by atoms with Gasteiger partial charge in [0, 0.05) is 0 Å². The molecule has 4 fully saturated rings. The molecule has 4 N–H and O–H groups in total. The number of rotatable bonds is 4. The van der Waals surface area contributed by atoms with E-state index in [1.807, 2.05) is 0 Å². The number of hydrogen-bond acceptors (Lipinski definition) is 4. The Balaban J connectivity index is 2.22. The Morgan fingerprint density at radius 3 is 1.50 bits per heavy atom. The van der Waals surface area contributed by atoms with Crippen LogP contribution in [0.4, 0.5) is 0 Å². The van der Waals surface area contributed by atoms with Crippen molar-refractivity contribution in [3.05, 3.63) is 0 Å². The van der Waals surface area contributed by atoms with Gasteiger partial charge in [0.25, 0.3) is 0 Å².